The third-order valence-corrected chi connectivity index (χ3v) is 4.18. The minimum absolute atomic E-state index is 0.0801. The summed E-state index contributed by atoms with van der Waals surface area (Å²) in [5, 5.41) is 5.25. The summed E-state index contributed by atoms with van der Waals surface area (Å²) in [6.45, 7) is 2.32. The molecule has 1 N–H and O–H groups in total. The normalized spacial score (nSPS) is 12.5. The smallest absolute Gasteiger partial charge is 0.263 e. The first kappa shape index (κ1) is 14.8. The van der Waals surface area contributed by atoms with Gasteiger partial charge >= 0.3 is 0 Å². The summed E-state index contributed by atoms with van der Waals surface area (Å²) < 4.78 is 5.03. The summed E-state index contributed by atoms with van der Waals surface area (Å²) in [7, 11) is 1.59. The highest BCUT2D eigenvalue weighted by molar-refractivity contribution is 7.13. The third-order valence-electron chi connectivity index (χ3n) is 2.27. The first-order valence-corrected chi connectivity index (χ1v) is 6.98. The molecule has 1 amide bonds. The Morgan fingerprint density at radius 3 is 2.82 bits per heavy atom. The molecule has 0 aromatic carbocycles. The summed E-state index contributed by atoms with van der Waals surface area (Å²) in [5.41, 5.74) is 0.919. The molecule has 96 valence electrons. The van der Waals surface area contributed by atoms with Crippen molar-refractivity contribution in [1.82, 2.24) is 5.32 Å². The Bertz CT molecular complexity index is 376. The number of carbonyl (C=O) groups is 1. The van der Waals surface area contributed by atoms with Gasteiger partial charge in [-0.2, -0.15) is 0 Å². The molecule has 17 heavy (non-hydrogen) atoms. The molecule has 0 aliphatic heterocycles. The minimum Gasteiger partial charge on any atom is -0.383 e. The lowest BCUT2D eigenvalue weighted by Gasteiger charge is -2.16. The van der Waals surface area contributed by atoms with E-state index in [1.54, 1.807) is 7.11 Å². The van der Waals surface area contributed by atoms with Gasteiger partial charge in [-0.05, 0) is 24.3 Å². The van der Waals surface area contributed by atoms with Gasteiger partial charge in [0.05, 0.1) is 17.7 Å². The van der Waals surface area contributed by atoms with E-state index in [9.17, 15) is 4.79 Å². The predicted molar refractivity (Wildman–Crippen MR) is 72.5 cm³/mol. The molecule has 0 bridgehead atoms. The molecule has 1 aromatic heterocycles. The van der Waals surface area contributed by atoms with Gasteiger partial charge in [0.25, 0.3) is 5.91 Å². The van der Waals surface area contributed by atoms with Crippen molar-refractivity contribution in [3.8, 4) is 0 Å². The summed E-state index contributed by atoms with van der Waals surface area (Å²) in [5.74, 6) is 0.311. The highest BCUT2D eigenvalue weighted by Gasteiger charge is 2.18. The second kappa shape index (κ2) is 7.21. The number of rotatable bonds is 6. The number of hydrogen-bond acceptors (Lipinski definition) is 3. The van der Waals surface area contributed by atoms with Gasteiger partial charge in [0.1, 0.15) is 4.88 Å². The van der Waals surface area contributed by atoms with Crippen LogP contribution in [0, 0.1) is 6.92 Å². The van der Waals surface area contributed by atoms with Crippen molar-refractivity contribution in [3.63, 3.8) is 0 Å². The van der Waals surface area contributed by atoms with E-state index >= 15 is 0 Å². The maximum atomic E-state index is 12.0. The first-order valence-electron chi connectivity index (χ1n) is 5.19. The Kier molecular flexibility index (Phi) is 6.27. The standard InChI is InChI=1S/C11H15Cl2NO2S/c1-7-6-17-10(9(7)13)11(15)14-8(3-4-12)5-16-2/h6,8H,3-5H2,1-2H3,(H,14,15). The van der Waals surface area contributed by atoms with E-state index in [-0.39, 0.29) is 11.9 Å². The van der Waals surface area contributed by atoms with Crippen molar-refractivity contribution >= 4 is 40.4 Å². The monoisotopic (exact) mass is 295 g/mol. The van der Waals surface area contributed by atoms with Crippen LogP contribution in [0.2, 0.25) is 5.02 Å². The molecule has 0 fully saturated rings. The van der Waals surface area contributed by atoms with E-state index in [0.29, 0.717) is 28.8 Å². The number of carbonyl (C=O) groups excluding carboxylic acids is 1. The van der Waals surface area contributed by atoms with E-state index in [2.05, 4.69) is 5.32 Å². The average Bonchev–Trinajstić information content (AvgIpc) is 2.60. The van der Waals surface area contributed by atoms with Crippen molar-refractivity contribution < 1.29 is 9.53 Å². The quantitative estimate of drug-likeness (QED) is 0.819. The lowest BCUT2D eigenvalue weighted by Crippen LogP contribution is -2.38. The van der Waals surface area contributed by atoms with Crippen molar-refractivity contribution in [2.75, 3.05) is 19.6 Å². The van der Waals surface area contributed by atoms with Gasteiger partial charge in [-0.15, -0.1) is 22.9 Å². The predicted octanol–water partition coefficient (Wildman–Crippen LogP) is 3.08. The first-order chi connectivity index (χ1) is 8.10. The maximum absolute atomic E-state index is 12.0. The minimum atomic E-state index is -0.166. The van der Waals surface area contributed by atoms with Crippen LogP contribution in [0.25, 0.3) is 0 Å². The summed E-state index contributed by atoms with van der Waals surface area (Å²) in [4.78, 5) is 12.5. The zero-order chi connectivity index (χ0) is 12.8. The molecule has 0 saturated heterocycles. The van der Waals surface area contributed by atoms with E-state index in [1.165, 1.54) is 11.3 Å². The third kappa shape index (κ3) is 4.14. The van der Waals surface area contributed by atoms with Gasteiger partial charge in [-0.25, -0.2) is 0 Å². The number of nitrogens with one attached hydrogen (secondary N) is 1. The summed E-state index contributed by atoms with van der Waals surface area (Å²) in [6.07, 6.45) is 0.670. The largest absolute Gasteiger partial charge is 0.383 e. The number of thiophene rings is 1. The number of halogens is 2. The topological polar surface area (TPSA) is 38.3 Å². The maximum Gasteiger partial charge on any atom is 0.263 e. The van der Waals surface area contributed by atoms with Crippen molar-refractivity contribution in [1.29, 1.82) is 0 Å². The Morgan fingerprint density at radius 2 is 2.35 bits per heavy atom. The fourth-order valence-corrected chi connectivity index (χ4v) is 2.81. The zero-order valence-corrected chi connectivity index (χ0v) is 12.1. The van der Waals surface area contributed by atoms with E-state index in [0.717, 1.165) is 5.56 Å². The number of methoxy groups -OCH3 is 1. The van der Waals surface area contributed by atoms with Crippen LogP contribution in [0.4, 0.5) is 0 Å². The molecule has 1 aromatic rings. The molecular weight excluding hydrogens is 281 g/mol. The molecule has 0 aliphatic carbocycles. The fraction of sp³-hybridized carbons (Fsp3) is 0.545. The SMILES string of the molecule is COCC(CCCl)NC(=O)c1scc(C)c1Cl. The zero-order valence-electron chi connectivity index (χ0n) is 9.76. The van der Waals surface area contributed by atoms with E-state index in [1.807, 2.05) is 12.3 Å². The summed E-state index contributed by atoms with van der Waals surface area (Å²) in [6, 6.07) is -0.0801. The van der Waals surface area contributed by atoms with Gasteiger partial charge in [0.2, 0.25) is 0 Å². The second-order valence-electron chi connectivity index (χ2n) is 3.67. The van der Waals surface area contributed by atoms with Crippen LogP contribution in [0.3, 0.4) is 0 Å². The van der Waals surface area contributed by atoms with E-state index in [4.69, 9.17) is 27.9 Å². The second-order valence-corrected chi connectivity index (χ2v) is 5.30. The van der Waals surface area contributed by atoms with Crippen LogP contribution in [-0.4, -0.2) is 31.5 Å². The molecule has 0 spiro atoms. The van der Waals surface area contributed by atoms with Gasteiger partial charge in [0.15, 0.2) is 0 Å². The molecular formula is C11H15Cl2NO2S. The number of ether oxygens (including phenoxy) is 1. The Labute approximate surface area is 115 Å². The van der Waals surface area contributed by atoms with Crippen LogP contribution >= 0.6 is 34.5 Å². The number of hydrogen-bond donors (Lipinski definition) is 1. The Hall–Kier alpha value is -0.290. The molecule has 1 unspecified atom stereocenters. The van der Waals surface area contributed by atoms with Crippen LogP contribution in [0.15, 0.2) is 5.38 Å². The van der Waals surface area contributed by atoms with Crippen molar-refractivity contribution in [3.05, 3.63) is 20.8 Å². The van der Waals surface area contributed by atoms with Crippen LogP contribution in [0.5, 0.6) is 0 Å². The van der Waals surface area contributed by atoms with Gasteiger partial charge in [0, 0.05) is 13.0 Å². The molecule has 6 heteroatoms. The molecule has 3 nitrogen and oxygen atoms in total. The molecule has 0 saturated carbocycles. The van der Waals surface area contributed by atoms with Crippen LogP contribution in [0.1, 0.15) is 21.7 Å². The van der Waals surface area contributed by atoms with Crippen molar-refractivity contribution in [2.45, 2.75) is 19.4 Å². The van der Waals surface area contributed by atoms with Crippen LogP contribution in [-0.2, 0) is 4.74 Å². The molecule has 1 heterocycles. The molecule has 0 radical (unpaired) electrons. The fourth-order valence-electron chi connectivity index (χ4n) is 1.36. The lowest BCUT2D eigenvalue weighted by molar-refractivity contribution is 0.0899. The molecule has 0 aliphatic rings. The summed E-state index contributed by atoms with van der Waals surface area (Å²) >= 11 is 13.0. The van der Waals surface area contributed by atoms with Gasteiger partial charge in [-0.3, -0.25) is 4.79 Å². The Balaban J connectivity index is 2.66. The van der Waals surface area contributed by atoms with Crippen LogP contribution < -0.4 is 5.32 Å². The highest BCUT2D eigenvalue weighted by Crippen LogP contribution is 2.27. The van der Waals surface area contributed by atoms with E-state index < -0.39 is 0 Å². The van der Waals surface area contributed by atoms with Crippen molar-refractivity contribution in [2.24, 2.45) is 0 Å². The average molecular weight is 296 g/mol. The number of alkyl halides is 1. The Morgan fingerprint density at radius 1 is 1.65 bits per heavy atom. The molecule has 1 atom stereocenters. The highest BCUT2D eigenvalue weighted by atomic mass is 35.5. The number of aryl methyl sites for hydroxylation is 1. The lowest BCUT2D eigenvalue weighted by atomic mass is 10.2. The molecule has 1 rings (SSSR count). The van der Waals surface area contributed by atoms with Gasteiger partial charge in [-0.1, -0.05) is 11.6 Å². The number of amides is 1. The van der Waals surface area contributed by atoms with Gasteiger partial charge < -0.3 is 10.1 Å².